The first-order chi connectivity index (χ1) is 15.0. The minimum Gasteiger partial charge on any atom is -0.462 e. The Morgan fingerprint density at radius 3 is 2.48 bits per heavy atom. The highest BCUT2D eigenvalue weighted by molar-refractivity contribution is 5.25. The predicted molar refractivity (Wildman–Crippen MR) is 126 cm³/mol. The molecule has 4 heteroatoms. The SMILES string of the molecule is C=CCCC(O)(CCC=C)c1ccc(CN(Cc2ccccc2C)CC2CCCO2)o1. The van der Waals surface area contributed by atoms with E-state index in [1.165, 1.54) is 11.1 Å². The van der Waals surface area contributed by atoms with Gasteiger partial charge < -0.3 is 14.3 Å². The Morgan fingerprint density at radius 2 is 1.84 bits per heavy atom. The van der Waals surface area contributed by atoms with E-state index in [0.29, 0.717) is 25.1 Å². The molecule has 0 bridgehead atoms. The van der Waals surface area contributed by atoms with E-state index in [2.05, 4.69) is 49.2 Å². The zero-order valence-electron chi connectivity index (χ0n) is 18.9. The molecule has 31 heavy (non-hydrogen) atoms. The first-order valence-corrected chi connectivity index (χ1v) is 11.5. The van der Waals surface area contributed by atoms with Crippen LogP contribution in [0, 0.1) is 6.92 Å². The van der Waals surface area contributed by atoms with Crippen LogP contribution in [0.2, 0.25) is 0 Å². The molecule has 168 valence electrons. The van der Waals surface area contributed by atoms with Gasteiger partial charge in [0.15, 0.2) is 0 Å². The van der Waals surface area contributed by atoms with Gasteiger partial charge in [0.05, 0.1) is 12.6 Å². The average molecular weight is 424 g/mol. The molecule has 1 aliphatic rings. The fourth-order valence-corrected chi connectivity index (χ4v) is 4.28. The van der Waals surface area contributed by atoms with Crippen molar-refractivity contribution < 1.29 is 14.3 Å². The lowest BCUT2D eigenvalue weighted by atomic mass is 9.89. The molecule has 4 nitrogen and oxygen atoms in total. The van der Waals surface area contributed by atoms with Gasteiger partial charge in [0.25, 0.3) is 0 Å². The van der Waals surface area contributed by atoms with Crippen molar-refractivity contribution in [2.24, 2.45) is 0 Å². The Labute approximate surface area is 187 Å². The highest BCUT2D eigenvalue weighted by Crippen LogP contribution is 2.33. The van der Waals surface area contributed by atoms with Gasteiger partial charge >= 0.3 is 0 Å². The molecular formula is C27H37NO3. The molecule has 1 N–H and O–H groups in total. The number of rotatable bonds is 13. The molecule has 0 spiro atoms. The van der Waals surface area contributed by atoms with Crippen LogP contribution in [0.4, 0.5) is 0 Å². The average Bonchev–Trinajstić information content (AvgIpc) is 3.45. The van der Waals surface area contributed by atoms with Gasteiger partial charge in [-0.05, 0) is 68.7 Å². The monoisotopic (exact) mass is 423 g/mol. The van der Waals surface area contributed by atoms with Crippen LogP contribution in [-0.4, -0.2) is 29.3 Å². The molecule has 3 rings (SSSR count). The maximum absolute atomic E-state index is 11.3. The predicted octanol–water partition coefficient (Wildman–Crippen LogP) is 5.89. The second-order valence-corrected chi connectivity index (χ2v) is 8.68. The number of benzene rings is 1. The minimum atomic E-state index is -0.990. The van der Waals surface area contributed by atoms with Crippen LogP contribution in [0.15, 0.2) is 66.1 Å². The van der Waals surface area contributed by atoms with Crippen molar-refractivity contribution in [1.29, 1.82) is 0 Å². The lowest BCUT2D eigenvalue weighted by molar-refractivity contribution is -0.00261. The van der Waals surface area contributed by atoms with E-state index < -0.39 is 5.60 Å². The molecule has 2 heterocycles. The molecule has 0 radical (unpaired) electrons. The van der Waals surface area contributed by atoms with E-state index in [1.54, 1.807) is 0 Å². The summed E-state index contributed by atoms with van der Waals surface area (Å²) >= 11 is 0. The summed E-state index contributed by atoms with van der Waals surface area (Å²) in [4.78, 5) is 2.40. The molecule has 1 saturated heterocycles. The van der Waals surface area contributed by atoms with Gasteiger partial charge in [0.1, 0.15) is 17.1 Å². The van der Waals surface area contributed by atoms with Crippen molar-refractivity contribution >= 4 is 0 Å². The van der Waals surface area contributed by atoms with Crippen LogP contribution in [0.3, 0.4) is 0 Å². The summed E-state index contributed by atoms with van der Waals surface area (Å²) in [5.74, 6) is 1.51. The van der Waals surface area contributed by atoms with Crippen molar-refractivity contribution in [2.45, 2.75) is 70.2 Å². The van der Waals surface area contributed by atoms with Gasteiger partial charge in [0.2, 0.25) is 0 Å². The van der Waals surface area contributed by atoms with Crippen molar-refractivity contribution in [3.63, 3.8) is 0 Å². The van der Waals surface area contributed by atoms with Crippen molar-refractivity contribution in [3.05, 3.63) is 84.4 Å². The zero-order valence-corrected chi connectivity index (χ0v) is 18.9. The summed E-state index contributed by atoms with van der Waals surface area (Å²) in [5.41, 5.74) is 1.62. The smallest absolute Gasteiger partial charge is 0.135 e. The topological polar surface area (TPSA) is 45.8 Å². The van der Waals surface area contributed by atoms with E-state index in [4.69, 9.17) is 9.15 Å². The zero-order chi connectivity index (χ0) is 22.1. The fourth-order valence-electron chi connectivity index (χ4n) is 4.28. The highest BCUT2D eigenvalue weighted by atomic mass is 16.5. The molecule has 1 aromatic carbocycles. The normalized spacial score (nSPS) is 16.7. The number of nitrogens with zero attached hydrogens (tertiary/aromatic N) is 1. The number of allylic oxidation sites excluding steroid dienone is 2. The summed E-state index contributed by atoms with van der Waals surface area (Å²) < 4.78 is 12.1. The van der Waals surface area contributed by atoms with Crippen LogP contribution >= 0.6 is 0 Å². The molecule has 0 saturated carbocycles. The van der Waals surface area contributed by atoms with Crippen LogP contribution in [0.5, 0.6) is 0 Å². The first-order valence-electron chi connectivity index (χ1n) is 11.5. The van der Waals surface area contributed by atoms with Crippen molar-refractivity contribution in [1.82, 2.24) is 4.90 Å². The molecule has 1 aromatic heterocycles. The summed E-state index contributed by atoms with van der Waals surface area (Å²) in [7, 11) is 0. The number of aryl methyl sites for hydroxylation is 1. The molecule has 1 aliphatic heterocycles. The largest absolute Gasteiger partial charge is 0.462 e. The molecule has 0 amide bonds. The maximum Gasteiger partial charge on any atom is 0.135 e. The number of hydrogen-bond donors (Lipinski definition) is 1. The third-order valence-electron chi connectivity index (χ3n) is 6.16. The van der Waals surface area contributed by atoms with E-state index >= 15 is 0 Å². The van der Waals surface area contributed by atoms with E-state index in [-0.39, 0.29) is 6.10 Å². The molecule has 1 atom stereocenters. The van der Waals surface area contributed by atoms with Crippen LogP contribution < -0.4 is 0 Å². The second-order valence-electron chi connectivity index (χ2n) is 8.68. The van der Waals surface area contributed by atoms with E-state index in [9.17, 15) is 5.11 Å². The Hall–Kier alpha value is -2.14. The Morgan fingerprint density at radius 1 is 1.10 bits per heavy atom. The van der Waals surface area contributed by atoms with E-state index in [0.717, 1.165) is 51.1 Å². The van der Waals surface area contributed by atoms with Crippen LogP contribution in [0.1, 0.15) is 61.2 Å². The summed E-state index contributed by atoms with van der Waals surface area (Å²) in [5, 5.41) is 11.3. The number of hydrogen-bond acceptors (Lipinski definition) is 4. The Balaban J connectivity index is 1.75. The number of aliphatic hydroxyl groups is 1. The molecular weight excluding hydrogens is 386 g/mol. The first kappa shape index (κ1) is 23.5. The van der Waals surface area contributed by atoms with Crippen molar-refractivity contribution in [3.8, 4) is 0 Å². The standard InChI is InChI=1S/C27H37NO3/c1-4-6-16-27(29,17-7-5-2)26-15-14-25(31-26)21-28(20-24-13-10-18-30-24)19-23-12-9-8-11-22(23)3/h4-5,8-9,11-12,14-15,24,29H,1-2,6-7,10,13,16-21H2,3H3. The summed E-state index contributed by atoms with van der Waals surface area (Å²) in [6, 6.07) is 12.5. The number of furan rings is 1. The Kier molecular flexibility index (Phi) is 8.70. The summed E-state index contributed by atoms with van der Waals surface area (Å²) in [6.07, 6.45) is 8.87. The van der Waals surface area contributed by atoms with Crippen molar-refractivity contribution in [2.75, 3.05) is 13.2 Å². The fraction of sp³-hybridized carbons (Fsp3) is 0.481. The lowest BCUT2D eigenvalue weighted by Crippen LogP contribution is -2.31. The molecule has 1 fully saturated rings. The third kappa shape index (κ3) is 6.67. The van der Waals surface area contributed by atoms with E-state index in [1.807, 2.05) is 24.3 Å². The third-order valence-corrected chi connectivity index (χ3v) is 6.16. The number of ether oxygens (including phenoxy) is 1. The second kappa shape index (κ2) is 11.5. The van der Waals surface area contributed by atoms with Gasteiger partial charge in [-0.1, -0.05) is 36.4 Å². The van der Waals surface area contributed by atoms with Crippen LogP contribution in [-0.2, 0) is 23.4 Å². The molecule has 1 unspecified atom stereocenters. The lowest BCUT2D eigenvalue weighted by Gasteiger charge is -2.26. The van der Waals surface area contributed by atoms with Gasteiger partial charge in [-0.3, -0.25) is 4.90 Å². The molecule has 0 aliphatic carbocycles. The van der Waals surface area contributed by atoms with Gasteiger partial charge in [-0.15, -0.1) is 13.2 Å². The Bertz CT molecular complexity index is 823. The van der Waals surface area contributed by atoms with Gasteiger partial charge in [-0.25, -0.2) is 0 Å². The quantitative estimate of drug-likeness (QED) is 0.408. The molecule has 2 aromatic rings. The maximum atomic E-state index is 11.3. The van der Waals surface area contributed by atoms with Gasteiger partial charge in [-0.2, -0.15) is 0 Å². The summed E-state index contributed by atoms with van der Waals surface area (Å²) in [6.45, 7) is 13.0. The van der Waals surface area contributed by atoms with Crippen LogP contribution in [0.25, 0.3) is 0 Å². The highest BCUT2D eigenvalue weighted by Gasteiger charge is 2.31. The van der Waals surface area contributed by atoms with Gasteiger partial charge in [0, 0.05) is 19.7 Å². The minimum absolute atomic E-state index is 0.274.